The Balaban J connectivity index is 2.08. The molecular weight excluding hydrogens is 188 g/mol. The smallest absolute Gasteiger partial charge is 0.0958 e. The Morgan fingerprint density at radius 2 is 2.20 bits per heavy atom. The minimum atomic E-state index is -0.209. The number of hydrogen-bond donors (Lipinski definition) is 1. The maximum Gasteiger partial charge on any atom is 0.0958 e. The van der Waals surface area contributed by atoms with Crippen molar-refractivity contribution in [2.24, 2.45) is 0 Å². The van der Waals surface area contributed by atoms with Crippen molar-refractivity contribution in [2.45, 2.75) is 32.4 Å². The fourth-order valence-electron chi connectivity index (χ4n) is 1.75. The van der Waals surface area contributed by atoms with Crippen LogP contribution in [0.5, 0.6) is 0 Å². The summed E-state index contributed by atoms with van der Waals surface area (Å²) < 4.78 is 2.14. The van der Waals surface area contributed by atoms with Crippen molar-refractivity contribution >= 4 is 11.0 Å². The lowest BCUT2D eigenvalue weighted by atomic mass is 10.2. The van der Waals surface area contributed by atoms with Crippen molar-refractivity contribution in [3.8, 4) is 0 Å². The Kier molecular flexibility index (Phi) is 3.02. The quantitative estimate of drug-likeness (QED) is 0.829. The van der Waals surface area contributed by atoms with Crippen LogP contribution in [0.15, 0.2) is 30.6 Å². The van der Waals surface area contributed by atoms with Gasteiger partial charge in [0.25, 0.3) is 0 Å². The maximum absolute atomic E-state index is 9.17. The van der Waals surface area contributed by atoms with Crippen molar-refractivity contribution in [1.82, 2.24) is 9.55 Å². The highest BCUT2D eigenvalue weighted by Gasteiger charge is 2.01. The molecule has 0 aliphatic heterocycles. The molecule has 0 aliphatic carbocycles. The highest BCUT2D eigenvalue weighted by atomic mass is 16.3. The third kappa shape index (κ3) is 2.36. The summed E-state index contributed by atoms with van der Waals surface area (Å²) >= 11 is 0. The van der Waals surface area contributed by atoms with Gasteiger partial charge in [0.2, 0.25) is 0 Å². The lowest BCUT2D eigenvalue weighted by Gasteiger charge is -2.05. The molecule has 0 spiro atoms. The SMILES string of the molecule is CC(O)CCCn1cnc2ccccc21. The standard InChI is InChI=1S/C12H16N2O/c1-10(15)5-4-8-14-9-13-11-6-2-3-7-12(11)14/h2-3,6-7,9-10,15H,4-5,8H2,1H3. The molecule has 1 heterocycles. The van der Waals surface area contributed by atoms with E-state index in [0.717, 1.165) is 24.9 Å². The largest absolute Gasteiger partial charge is 0.393 e. The van der Waals surface area contributed by atoms with Gasteiger partial charge in [-0.1, -0.05) is 12.1 Å². The van der Waals surface area contributed by atoms with Crippen LogP contribution in [0.1, 0.15) is 19.8 Å². The van der Waals surface area contributed by atoms with Crippen molar-refractivity contribution < 1.29 is 5.11 Å². The molecule has 3 nitrogen and oxygen atoms in total. The Morgan fingerprint density at radius 1 is 1.40 bits per heavy atom. The van der Waals surface area contributed by atoms with Crippen LogP contribution in [0, 0.1) is 0 Å². The summed E-state index contributed by atoms with van der Waals surface area (Å²) in [5, 5.41) is 9.17. The van der Waals surface area contributed by atoms with Gasteiger partial charge in [-0.25, -0.2) is 4.98 Å². The molecule has 0 radical (unpaired) electrons. The predicted octanol–water partition coefficient (Wildman–Crippen LogP) is 2.20. The fraction of sp³-hybridized carbons (Fsp3) is 0.417. The van der Waals surface area contributed by atoms with E-state index in [-0.39, 0.29) is 6.10 Å². The number of aryl methyl sites for hydroxylation is 1. The summed E-state index contributed by atoms with van der Waals surface area (Å²) in [7, 11) is 0. The predicted molar refractivity (Wildman–Crippen MR) is 60.6 cm³/mol. The van der Waals surface area contributed by atoms with Crippen LogP contribution in [0.25, 0.3) is 11.0 Å². The maximum atomic E-state index is 9.17. The normalized spacial score (nSPS) is 13.2. The summed E-state index contributed by atoms with van der Waals surface area (Å²) in [6.07, 6.45) is 3.48. The molecule has 0 bridgehead atoms. The number of rotatable bonds is 4. The van der Waals surface area contributed by atoms with Crippen LogP contribution in [0.2, 0.25) is 0 Å². The molecule has 2 aromatic rings. The molecule has 2 rings (SSSR count). The number of nitrogens with zero attached hydrogens (tertiary/aromatic N) is 2. The Hall–Kier alpha value is -1.35. The van der Waals surface area contributed by atoms with Crippen LogP contribution in [0.4, 0.5) is 0 Å². The van der Waals surface area contributed by atoms with Crippen molar-refractivity contribution in [3.63, 3.8) is 0 Å². The zero-order valence-corrected chi connectivity index (χ0v) is 8.93. The highest BCUT2D eigenvalue weighted by Crippen LogP contribution is 2.12. The number of fused-ring (bicyclic) bond motifs is 1. The number of para-hydroxylation sites is 2. The Bertz CT molecular complexity index is 434. The third-order valence-electron chi connectivity index (χ3n) is 2.55. The van der Waals surface area contributed by atoms with Gasteiger partial charge in [-0.2, -0.15) is 0 Å². The minimum absolute atomic E-state index is 0.209. The van der Waals surface area contributed by atoms with Crippen LogP contribution in [-0.4, -0.2) is 20.8 Å². The summed E-state index contributed by atoms with van der Waals surface area (Å²) in [6, 6.07) is 8.11. The average molecular weight is 204 g/mol. The summed E-state index contributed by atoms with van der Waals surface area (Å²) in [6.45, 7) is 2.75. The van der Waals surface area contributed by atoms with E-state index in [1.165, 1.54) is 5.52 Å². The molecule has 0 saturated heterocycles. The molecule has 1 N–H and O–H groups in total. The molecule has 1 unspecified atom stereocenters. The van der Waals surface area contributed by atoms with Crippen molar-refractivity contribution in [3.05, 3.63) is 30.6 Å². The first kappa shape index (κ1) is 10.2. The van der Waals surface area contributed by atoms with Crippen molar-refractivity contribution in [1.29, 1.82) is 0 Å². The third-order valence-corrected chi connectivity index (χ3v) is 2.55. The molecule has 15 heavy (non-hydrogen) atoms. The molecular formula is C12H16N2O. The van der Waals surface area contributed by atoms with E-state index in [1.54, 1.807) is 0 Å². The van der Waals surface area contributed by atoms with Crippen LogP contribution < -0.4 is 0 Å². The summed E-state index contributed by atoms with van der Waals surface area (Å²) in [5.41, 5.74) is 2.21. The van der Waals surface area contributed by atoms with E-state index in [9.17, 15) is 0 Å². The van der Waals surface area contributed by atoms with Gasteiger partial charge < -0.3 is 9.67 Å². The van der Waals surface area contributed by atoms with Gasteiger partial charge in [0.1, 0.15) is 0 Å². The number of hydrogen-bond acceptors (Lipinski definition) is 2. The van der Waals surface area contributed by atoms with Crippen LogP contribution >= 0.6 is 0 Å². The van der Waals surface area contributed by atoms with Gasteiger partial charge in [-0.15, -0.1) is 0 Å². The first-order valence-electron chi connectivity index (χ1n) is 5.35. The van der Waals surface area contributed by atoms with Gasteiger partial charge in [0.05, 0.1) is 23.5 Å². The molecule has 0 saturated carbocycles. The van der Waals surface area contributed by atoms with Gasteiger partial charge in [-0.3, -0.25) is 0 Å². The lowest BCUT2D eigenvalue weighted by molar-refractivity contribution is 0.179. The average Bonchev–Trinajstić information content (AvgIpc) is 2.62. The van der Waals surface area contributed by atoms with E-state index in [0.29, 0.717) is 0 Å². The Labute approximate surface area is 89.4 Å². The molecule has 3 heteroatoms. The first-order valence-corrected chi connectivity index (χ1v) is 5.35. The zero-order chi connectivity index (χ0) is 10.7. The molecule has 0 aliphatic rings. The number of benzene rings is 1. The van der Waals surface area contributed by atoms with Crippen LogP contribution in [-0.2, 0) is 6.54 Å². The van der Waals surface area contributed by atoms with E-state index in [1.807, 2.05) is 31.5 Å². The van der Waals surface area contributed by atoms with Gasteiger partial charge >= 0.3 is 0 Å². The molecule has 0 amide bonds. The molecule has 1 aromatic heterocycles. The minimum Gasteiger partial charge on any atom is -0.393 e. The second kappa shape index (κ2) is 4.45. The second-order valence-corrected chi connectivity index (χ2v) is 3.92. The first-order chi connectivity index (χ1) is 7.27. The van der Waals surface area contributed by atoms with E-state index >= 15 is 0 Å². The highest BCUT2D eigenvalue weighted by molar-refractivity contribution is 5.74. The summed E-state index contributed by atoms with van der Waals surface area (Å²) in [4.78, 5) is 4.32. The second-order valence-electron chi connectivity index (χ2n) is 3.92. The van der Waals surface area contributed by atoms with Gasteiger partial charge in [0, 0.05) is 6.54 Å². The zero-order valence-electron chi connectivity index (χ0n) is 8.93. The van der Waals surface area contributed by atoms with Gasteiger partial charge in [-0.05, 0) is 31.9 Å². The topological polar surface area (TPSA) is 38.0 Å². The number of imidazole rings is 1. The molecule has 0 fully saturated rings. The molecule has 80 valence electrons. The van der Waals surface area contributed by atoms with Crippen LogP contribution in [0.3, 0.4) is 0 Å². The lowest BCUT2D eigenvalue weighted by Crippen LogP contribution is -2.03. The molecule has 1 aromatic carbocycles. The molecule has 1 atom stereocenters. The van der Waals surface area contributed by atoms with E-state index in [4.69, 9.17) is 5.11 Å². The van der Waals surface area contributed by atoms with E-state index in [2.05, 4.69) is 15.6 Å². The number of aliphatic hydroxyl groups is 1. The fourth-order valence-corrected chi connectivity index (χ4v) is 1.75. The number of aliphatic hydroxyl groups excluding tert-OH is 1. The monoisotopic (exact) mass is 204 g/mol. The Morgan fingerprint density at radius 3 is 3.00 bits per heavy atom. The van der Waals surface area contributed by atoms with Crippen molar-refractivity contribution in [2.75, 3.05) is 0 Å². The number of aromatic nitrogens is 2. The summed E-state index contributed by atoms with van der Waals surface area (Å²) in [5.74, 6) is 0. The van der Waals surface area contributed by atoms with E-state index < -0.39 is 0 Å². The van der Waals surface area contributed by atoms with Gasteiger partial charge in [0.15, 0.2) is 0 Å².